The van der Waals surface area contributed by atoms with Crippen molar-refractivity contribution in [1.82, 2.24) is 10.2 Å². The minimum Gasteiger partial charge on any atom is -0.493 e. The summed E-state index contributed by atoms with van der Waals surface area (Å²) in [5.74, 6) is 1.14. The van der Waals surface area contributed by atoms with Crippen LogP contribution in [0.2, 0.25) is 0 Å². The van der Waals surface area contributed by atoms with Gasteiger partial charge in [-0.15, -0.1) is 0 Å². The molecule has 0 bridgehead atoms. The lowest BCUT2D eigenvalue weighted by Gasteiger charge is -2.18. The van der Waals surface area contributed by atoms with Crippen LogP contribution in [0.25, 0.3) is 0 Å². The molecule has 2 heterocycles. The van der Waals surface area contributed by atoms with Crippen molar-refractivity contribution >= 4 is 29.5 Å². The quantitative estimate of drug-likeness (QED) is 0.619. The molecule has 2 aliphatic rings. The number of rotatable bonds is 8. The van der Waals surface area contributed by atoms with Gasteiger partial charge >= 0.3 is 0 Å². The van der Waals surface area contributed by atoms with Crippen molar-refractivity contribution in [2.45, 2.75) is 37.7 Å². The molecule has 1 fully saturated rings. The van der Waals surface area contributed by atoms with E-state index in [4.69, 9.17) is 9.47 Å². The fraction of sp³-hybridized carbons (Fsp3) is 0.375. The summed E-state index contributed by atoms with van der Waals surface area (Å²) < 4.78 is 15.7. The topological polar surface area (TPSA) is 80.2 Å². The summed E-state index contributed by atoms with van der Waals surface area (Å²) in [7, 11) is 1.61. The van der Waals surface area contributed by atoms with Crippen LogP contribution in [0.15, 0.2) is 52.9 Å². The average Bonchev–Trinajstić information content (AvgIpc) is 3.37. The van der Waals surface area contributed by atoms with E-state index in [1.165, 1.54) is 11.9 Å². The molecule has 1 N–H and O–H groups in total. The number of ether oxygens (including phenoxy) is 2. The van der Waals surface area contributed by atoms with Crippen LogP contribution in [0.3, 0.4) is 0 Å². The fourth-order valence-corrected chi connectivity index (χ4v) is 4.80. The molecule has 0 saturated carbocycles. The van der Waals surface area contributed by atoms with Gasteiger partial charge in [0.05, 0.1) is 13.7 Å². The number of nitrogens with one attached hydrogen (secondary N) is 1. The van der Waals surface area contributed by atoms with Gasteiger partial charge in [-0.05, 0) is 42.1 Å². The summed E-state index contributed by atoms with van der Waals surface area (Å²) in [6.45, 7) is 2.95. The molecule has 2 aromatic rings. The molecule has 0 aromatic heterocycles. The van der Waals surface area contributed by atoms with Gasteiger partial charge in [-0.1, -0.05) is 36.4 Å². The van der Waals surface area contributed by atoms with Crippen LogP contribution in [0.4, 0.5) is 0 Å². The number of benzene rings is 2. The molecular formula is C24H27N3O4S. The number of hydrogen-bond donors (Lipinski definition) is 1. The summed E-state index contributed by atoms with van der Waals surface area (Å²) in [5.41, 5.74) is 3.08. The predicted octanol–water partition coefficient (Wildman–Crippen LogP) is 3.55. The van der Waals surface area contributed by atoms with E-state index in [2.05, 4.69) is 9.71 Å². The number of carbonyl (C=O) groups excluding carboxylic acids is 2. The lowest BCUT2D eigenvalue weighted by Crippen LogP contribution is -2.41. The van der Waals surface area contributed by atoms with Crippen LogP contribution in [0.1, 0.15) is 36.8 Å². The zero-order chi connectivity index (χ0) is 22.5. The van der Waals surface area contributed by atoms with Crippen molar-refractivity contribution in [2.75, 3.05) is 20.2 Å². The molecule has 32 heavy (non-hydrogen) atoms. The van der Waals surface area contributed by atoms with Crippen molar-refractivity contribution in [3.05, 3.63) is 59.7 Å². The zero-order valence-electron chi connectivity index (χ0n) is 18.2. The highest BCUT2D eigenvalue weighted by Gasteiger charge is 2.33. The number of carbonyl (C=O) groups is 2. The first-order valence-electron chi connectivity index (χ1n) is 10.6. The Morgan fingerprint density at radius 3 is 2.72 bits per heavy atom. The molecule has 0 radical (unpaired) electrons. The molecule has 0 aliphatic carbocycles. The van der Waals surface area contributed by atoms with E-state index in [9.17, 15) is 9.59 Å². The van der Waals surface area contributed by atoms with Crippen LogP contribution in [-0.2, 0) is 16.2 Å². The first-order chi connectivity index (χ1) is 15.5. The summed E-state index contributed by atoms with van der Waals surface area (Å²) >= 11 is 1.37. The maximum absolute atomic E-state index is 12.6. The third-order valence-electron chi connectivity index (χ3n) is 5.58. The molecule has 8 heteroatoms. The monoisotopic (exact) mass is 453 g/mol. The smallest absolute Gasteiger partial charge is 0.240 e. The molecule has 168 valence electrons. The lowest BCUT2D eigenvalue weighted by atomic mass is 9.98. The SMILES string of the molecule is COc1ccc([C@@H]2CC(=O)N(CC(=O)NC3CC(C)=NS3)C2)cc1OCc1ccccc1. The molecule has 0 spiro atoms. The molecule has 7 nitrogen and oxygen atoms in total. The van der Waals surface area contributed by atoms with Gasteiger partial charge in [-0.3, -0.25) is 9.59 Å². The highest BCUT2D eigenvalue weighted by Crippen LogP contribution is 2.35. The van der Waals surface area contributed by atoms with Gasteiger partial charge in [-0.25, -0.2) is 4.40 Å². The molecule has 1 saturated heterocycles. The first-order valence-corrected chi connectivity index (χ1v) is 11.5. The molecule has 2 amide bonds. The van der Waals surface area contributed by atoms with E-state index < -0.39 is 0 Å². The normalized spacial score (nSPS) is 20.2. The molecule has 2 aliphatic heterocycles. The number of amides is 2. The van der Waals surface area contributed by atoms with Crippen LogP contribution in [-0.4, -0.2) is 48.0 Å². The minimum absolute atomic E-state index is 0.00622. The van der Waals surface area contributed by atoms with Gasteiger partial charge in [0, 0.05) is 31.0 Å². The summed E-state index contributed by atoms with van der Waals surface area (Å²) in [6.07, 6.45) is 1.11. The van der Waals surface area contributed by atoms with Gasteiger partial charge in [0.15, 0.2) is 11.5 Å². The maximum Gasteiger partial charge on any atom is 0.240 e. The van der Waals surface area contributed by atoms with Crippen molar-refractivity contribution in [3.63, 3.8) is 0 Å². The van der Waals surface area contributed by atoms with Gasteiger partial charge < -0.3 is 19.7 Å². The van der Waals surface area contributed by atoms with Crippen molar-refractivity contribution in [1.29, 1.82) is 0 Å². The van der Waals surface area contributed by atoms with Crippen molar-refractivity contribution in [3.8, 4) is 11.5 Å². The first kappa shape index (κ1) is 22.2. The maximum atomic E-state index is 12.6. The minimum atomic E-state index is -0.150. The van der Waals surface area contributed by atoms with Crippen molar-refractivity contribution < 1.29 is 19.1 Å². The molecular weight excluding hydrogens is 426 g/mol. The van der Waals surface area contributed by atoms with Crippen LogP contribution < -0.4 is 14.8 Å². The molecule has 1 unspecified atom stereocenters. The Labute approximate surface area is 192 Å². The average molecular weight is 454 g/mol. The molecule has 4 rings (SSSR count). The molecule has 2 aromatic carbocycles. The van der Waals surface area contributed by atoms with Crippen LogP contribution in [0, 0.1) is 0 Å². The fourth-order valence-electron chi connectivity index (χ4n) is 3.92. The summed E-state index contributed by atoms with van der Waals surface area (Å²) in [4.78, 5) is 26.6. The van der Waals surface area contributed by atoms with Crippen LogP contribution in [0.5, 0.6) is 11.5 Å². The number of methoxy groups -OCH3 is 1. The highest BCUT2D eigenvalue weighted by atomic mass is 32.2. The molecule has 2 atom stereocenters. The largest absolute Gasteiger partial charge is 0.493 e. The Kier molecular flexibility index (Phi) is 6.99. The second-order valence-electron chi connectivity index (χ2n) is 8.05. The summed E-state index contributed by atoms with van der Waals surface area (Å²) in [6, 6.07) is 15.7. The van der Waals surface area contributed by atoms with E-state index in [1.54, 1.807) is 12.0 Å². The van der Waals surface area contributed by atoms with Gasteiger partial charge in [-0.2, -0.15) is 0 Å². The van der Waals surface area contributed by atoms with Crippen LogP contribution >= 0.6 is 11.9 Å². The van der Waals surface area contributed by atoms with Gasteiger partial charge in [0.2, 0.25) is 11.8 Å². The Balaban J connectivity index is 1.37. The second kappa shape index (κ2) is 10.1. The standard InChI is InChI=1S/C24H27N3O4S/c1-16-10-23(32-26-16)25-22(28)14-27-13-19(12-24(27)29)18-8-9-20(30-2)21(11-18)31-15-17-6-4-3-5-7-17/h3-9,11,19,23H,10,12-15H2,1-2H3,(H,25,28)/t19-,23?/m1/s1. The highest BCUT2D eigenvalue weighted by molar-refractivity contribution is 7.99. The van der Waals surface area contributed by atoms with Gasteiger partial charge in [0.1, 0.15) is 12.0 Å². The Morgan fingerprint density at radius 1 is 1.19 bits per heavy atom. The zero-order valence-corrected chi connectivity index (χ0v) is 19.1. The third-order valence-corrected chi connectivity index (χ3v) is 6.54. The second-order valence-corrected chi connectivity index (χ2v) is 9.01. The van der Waals surface area contributed by atoms with Crippen molar-refractivity contribution in [2.24, 2.45) is 4.40 Å². The Morgan fingerprint density at radius 2 is 2.00 bits per heavy atom. The third kappa shape index (κ3) is 5.43. The van der Waals surface area contributed by atoms with E-state index >= 15 is 0 Å². The summed E-state index contributed by atoms with van der Waals surface area (Å²) in [5, 5.41) is 2.91. The number of nitrogens with zero attached hydrogens (tertiary/aromatic N) is 2. The predicted molar refractivity (Wildman–Crippen MR) is 125 cm³/mol. The Hall–Kier alpha value is -3.00. The van der Waals surface area contributed by atoms with E-state index in [1.807, 2.05) is 55.5 Å². The Bertz CT molecular complexity index is 1010. The van der Waals surface area contributed by atoms with E-state index in [0.29, 0.717) is 31.1 Å². The number of likely N-dealkylation sites (tertiary alicyclic amines) is 1. The van der Waals surface area contributed by atoms with E-state index in [0.717, 1.165) is 23.3 Å². The number of hydrogen-bond acceptors (Lipinski definition) is 6. The van der Waals surface area contributed by atoms with Gasteiger partial charge in [0.25, 0.3) is 0 Å². The lowest BCUT2D eigenvalue weighted by molar-refractivity contribution is -0.133. The van der Waals surface area contributed by atoms with E-state index in [-0.39, 0.29) is 29.7 Å².